The molecule has 0 saturated heterocycles. The smallest absolute Gasteiger partial charge is 0.278 e. The molecule has 0 spiro atoms. The lowest BCUT2D eigenvalue weighted by atomic mass is 9.97. The molecule has 0 fully saturated rings. The zero-order valence-electron chi connectivity index (χ0n) is 19.1. The molecule has 1 aliphatic rings. The quantitative estimate of drug-likeness (QED) is 0.537. The first-order valence-electron chi connectivity index (χ1n) is 10.6. The summed E-state index contributed by atoms with van der Waals surface area (Å²) in [7, 11) is 3.13. The Balaban J connectivity index is 1.81. The third-order valence-corrected chi connectivity index (χ3v) is 5.71. The second-order valence-electron chi connectivity index (χ2n) is 7.90. The van der Waals surface area contributed by atoms with Gasteiger partial charge in [-0.3, -0.25) is 14.5 Å². The minimum absolute atomic E-state index is 0.104. The van der Waals surface area contributed by atoms with Crippen molar-refractivity contribution >= 4 is 23.1 Å². The first-order chi connectivity index (χ1) is 15.9. The lowest BCUT2D eigenvalue weighted by Crippen LogP contribution is -2.32. The minimum Gasteiger partial charge on any atom is -0.496 e. The van der Waals surface area contributed by atoms with E-state index in [0.717, 1.165) is 22.3 Å². The highest BCUT2D eigenvalue weighted by Gasteiger charge is 2.40. The number of rotatable bonds is 7. The number of imide groups is 1. The van der Waals surface area contributed by atoms with Gasteiger partial charge in [-0.25, -0.2) is 0 Å². The molecule has 0 bridgehead atoms. The third-order valence-electron chi connectivity index (χ3n) is 5.71. The van der Waals surface area contributed by atoms with Gasteiger partial charge in [-0.2, -0.15) is 0 Å². The van der Waals surface area contributed by atoms with Crippen LogP contribution in [0.15, 0.2) is 72.4 Å². The van der Waals surface area contributed by atoms with Crippen molar-refractivity contribution in [2.45, 2.75) is 20.4 Å². The Morgan fingerprint density at radius 1 is 0.818 bits per heavy atom. The third kappa shape index (κ3) is 4.20. The molecular formula is C27H26N2O4. The van der Waals surface area contributed by atoms with Gasteiger partial charge in [-0.05, 0) is 43.2 Å². The van der Waals surface area contributed by atoms with Crippen LogP contribution in [0.5, 0.6) is 11.5 Å². The van der Waals surface area contributed by atoms with Crippen LogP contribution in [0.1, 0.15) is 22.3 Å². The van der Waals surface area contributed by atoms with Gasteiger partial charge >= 0.3 is 0 Å². The number of para-hydroxylation sites is 3. The summed E-state index contributed by atoms with van der Waals surface area (Å²) in [5.74, 6) is 0.452. The van der Waals surface area contributed by atoms with Crippen molar-refractivity contribution in [2.24, 2.45) is 0 Å². The van der Waals surface area contributed by atoms with Crippen LogP contribution >= 0.6 is 0 Å². The van der Waals surface area contributed by atoms with Crippen molar-refractivity contribution in [1.29, 1.82) is 0 Å². The summed E-state index contributed by atoms with van der Waals surface area (Å²) in [6.45, 7) is 4.04. The first-order valence-corrected chi connectivity index (χ1v) is 10.6. The Bertz CT molecular complexity index is 1260. The van der Waals surface area contributed by atoms with E-state index in [2.05, 4.69) is 5.32 Å². The summed E-state index contributed by atoms with van der Waals surface area (Å²) in [6, 6.07) is 20.5. The first kappa shape index (κ1) is 22.1. The summed E-state index contributed by atoms with van der Waals surface area (Å²) < 4.78 is 10.9. The van der Waals surface area contributed by atoms with E-state index in [4.69, 9.17) is 9.47 Å². The number of hydrogen-bond donors (Lipinski definition) is 1. The van der Waals surface area contributed by atoms with E-state index < -0.39 is 5.91 Å². The summed E-state index contributed by atoms with van der Waals surface area (Å²) in [5, 5.41) is 3.19. The molecule has 33 heavy (non-hydrogen) atoms. The van der Waals surface area contributed by atoms with Crippen LogP contribution in [-0.2, 0) is 16.1 Å². The normalized spacial score (nSPS) is 13.5. The summed E-state index contributed by atoms with van der Waals surface area (Å²) >= 11 is 0. The minimum atomic E-state index is -0.396. The monoisotopic (exact) mass is 442 g/mol. The number of ether oxygens (including phenoxy) is 2. The molecule has 4 rings (SSSR count). The zero-order valence-corrected chi connectivity index (χ0v) is 19.1. The maximum Gasteiger partial charge on any atom is 0.278 e. The topological polar surface area (TPSA) is 67.9 Å². The Morgan fingerprint density at radius 2 is 1.48 bits per heavy atom. The molecular weight excluding hydrogens is 416 g/mol. The molecule has 0 radical (unpaired) electrons. The fourth-order valence-electron chi connectivity index (χ4n) is 4.07. The molecule has 0 aromatic heterocycles. The van der Waals surface area contributed by atoms with E-state index in [1.165, 1.54) is 4.90 Å². The fraction of sp³-hybridized carbons (Fsp3) is 0.185. The summed E-state index contributed by atoms with van der Waals surface area (Å²) in [6.07, 6.45) is 0. The van der Waals surface area contributed by atoms with Crippen LogP contribution in [0, 0.1) is 13.8 Å². The predicted molar refractivity (Wildman–Crippen MR) is 128 cm³/mol. The maximum absolute atomic E-state index is 13.6. The van der Waals surface area contributed by atoms with Crippen LogP contribution in [0.2, 0.25) is 0 Å². The van der Waals surface area contributed by atoms with Gasteiger partial charge in [0.05, 0.1) is 32.0 Å². The van der Waals surface area contributed by atoms with Crippen LogP contribution in [0.25, 0.3) is 5.57 Å². The average Bonchev–Trinajstić information content (AvgIpc) is 3.04. The Morgan fingerprint density at radius 3 is 2.18 bits per heavy atom. The zero-order chi connectivity index (χ0) is 23.5. The molecule has 0 atom stereocenters. The van der Waals surface area contributed by atoms with Crippen molar-refractivity contribution < 1.29 is 19.1 Å². The van der Waals surface area contributed by atoms with Gasteiger partial charge in [0.15, 0.2) is 0 Å². The number of anilines is 1. The molecule has 1 heterocycles. The number of nitrogens with zero attached hydrogens (tertiary/aromatic N) is 1. The average molecular weight is 443 g/mol. The van der Waals surface area contributed by atoms with Crippen molar-refractivity contribution in [3.63, 3.8) is 0 Å². The molecule has 6 nitrogen and oxygen atoms in total. The number of carbonyl (C=O) groups excluding carboxylic acids is 2. The number of amides is 2. The second kappa shape index (κ2) is 9.20. The molecule has 1 N–H and O–H groups in total. The van der Waals surface area contributed by atoms with Crippen LogP contribution in [0.4, 0.5) is 5.69 Å². The van der Waals surface area contributed by atoms with E-state index in [0.29, 0.717) is 22.8 Å². The predicted octanol–water partition coefficient (Wildman–Crippen LogP) is 4.71. The van der Waals surface area contributed by atoms with Crippen LogP contribution in [-0.4, -0.2) is 30.9 Å². The highest BCUT2D eigenvalue weighted by Crippen LogP contribution is 2.36. The summed E-state index contributed by atoms with van der Waals surface area (Å²) in [5.41, 5.74) is 4.66. The number of carbonyl (C=O) groups is 2. The van der Waals surface area contributed by atoms with Crippen LogP contribution < -0.4 is 14.8 Å². The number of benzene rings is 3. The number of nitrogens with one attached hydrogen (secondary N) is 1. The molecule has 3 aromatic rings. The molecule has 0 unspecified atom stereocenters. The van der Waals surface area contributed by atoms with Gasteiger partial charge in [0, 0.05) is 5.56 Å². The van der Waals surface area contributed by atoms with Crippen molar-refractivity contribution in [3.8, 4) is 11.5 Å². The Kier molecular flexibility index (Phi) is 6.18. The standard InChI is InChI=1S/C27H26N2O4/c1-17-13-14-20(18(2)15-17)24-25(28-21-10-6-8-12-23(21)33-4)27(31)29(26(24)30)16-19-9-5-7-11-22(19)32-3/h5-15,28H,16H2,1-4H3. The Hall–Kier alpha value is -4.06. The molecule has 0 saturated carbocycles. The highest BCUT2D eigenvalue weighted by molar-refractivity contribution is 6.36. The van der Waals surface area contributed by atoms with E-state index in [1.807, 2.05) is 74.5 Å². The molecule has 3 aromatic carbocycles. The van der Waals surface area contributed by atoms with Gasteiger partial charge in [-0.15, -0.1) is 0 Å². The van der Waals surface area contributed by atoms with Crippen molar-refractivity contribution in [1.82, 2.24) is 4.90 Å². The maximum atomic E-state index is 13.6. The van der Waals surface area contributed by atoms with Gasteiger partial charge in [-0.1, -0.05) is 54.1 Å². The Labute approximate surface area is 193 Å². The molecule has 1 aliphatic heterocycles. The van der Waals surface area contributed by atoms with Gasteiger partial charge in [0.25, 0.3) is 11.8 Å². The number of hydrogen-bond acceptors (Lipinski definition) is 5. The van der Waals surface area contributed by atoms with Crippen LogP contribution in [0.3, 0.4) is 0 Å². The van der Waals surface area contributed by atoms with E-state index >= 15 is 0 Å². The fourth-order valence-corrected chi connectivity index (χ4v) is 4.07. The second-order valence-corrected chi connectivity index (χ2v) is 7.90. The van der Waals surface area contributed by atoms with Gasteiger partial charge in [0.2, 0.25) is 0 Å². The van der Waals surface area contributed by atoms with E-state index in [9.17, 15) is 9.59 Å². The molecule has 168 valence electrons. The van der Waals surface area contributed by atoms with Crippen molar-refractivity contribution in [3.05, 3.63) is 94.7 Å². The SMILES string of the molecule is COc1ccccc1CN1C(=O)C(Nc2ccccc2OC)=C(c2ccc(C)cc2C)C1=O. The number of methoxy groups -OCH3 is 2. The van der Waals surface area contributed by atoms with Gasteiger partial charge in [0.1, 0.15) is 17.2 Å². The lowest BCUT2D eigenvalue weighted by molar-refractivity contribution is -0.137. The molecule has 0 aliphatic carbocycles. The number of aryl methyl sites for hydroxylation is 2. The molecule has 6 heteroatoms. The van der Waals surface area contributed by atoms with E-state index in [1.54, 1.807) is 20.3 Å². The van der Waals surface area contributed by atoms with E-state index in [-0.39, 0.29) is 18.1 Å². The summed E-state index contributed by atoms with van der Waals surface area (Å²) in [4.78, 5) is 28.5. The lowest BCUT2D eigenvalue weighted by Gasteiger charge is -2.17. The van der Waals surface area contributed by atoms with Gasteiger partial charge < -0.3 is 14.8 Å². The molecule has 2 amide bonds. The van der Waals surface area contributed by atoms with Crippen molar-refractivity contribution in [2.75, 3.05) is 19.5 Å². The highest BCUT2D eigenvalue weighted by atomic mass is 16.5. The largest absolute Gasteiger partial charge is 0.496 e.